The second-order valence-corrected chi connectivity index (χ2v) is 13.7. The van der Waals surface area contributed by atoms with Crippen molar-refractivity contribution in [3.05, 3.63) is 131 Å². The molecule has 4 rings (SSSR count). The maximum absolute atomic E-state index is 14.7. The van der Waals surface area contributed by atoms with Gasteiger partial charge in [0, 0.05) is 19.0 Å². The van der Waals surface area contributed by atoms with Crippen LogP contribution in [0.25, 0.3) is 0 Å². The molecule has 0 bridgehead atoms. The van der Waals surface area contributed by atoms with Crippen LogP contribution in [0, 0.1) is 13.8 Å². The van der Waals surface area contributed by atoms with Crippen molar-refractivity contribution < 1.29 is 18.0 Å². The number of carbonyl (C=O) groups excluding carboxylic acids is 2. The number of benzene rings is 4. The zero-order chi connectivity index (χ0) is 33.3. The normalized spacial score (nSPS) is 12.6. The summed E-state index contributed by atoms with van der Waals surface area (Å²) >= 11 is 0. The van der Waals surface area contributed by atoms with Crippen LogP contribution in [-0.4, -0.2) is 43.8 Å². The lowest BCUT2D eigenvalue weighted by molar-refractivity contribution is -0.140. The summed E-state index contributed by atoms with van der Waals surface area (Å²) in [5, 5.41) is 3.08. The molecular weight excluding hydrogens is 595 g/mol. The molecule has 8 heteroatoms. The number of hydrogen-bond acceptors (Lipinski definition) is 4. The van der Waals surface area contributed by atoms with Crippen LogP contribution < -0.4 is 9.62 Å². The van der Waals surface area contributed by atoms with E-state index >= 15 is 0 Å². The molecule has 1 N–H and O–H groups in total. The lowest BCUT2D eigenvalue weighted by Gasteiger charge is -2.34. The summed E-state index contributed by atoms with van der Waals surface area (Å²) in [6.07, 6.45) is 1.58. The van der Waals surface area contributed by atoms with Crippen molar-refractivity contribution in [2.45, 2.75) is 77.4 Å². The Labute approximate surface area is 274 Å². The smallest absolute Gasteiger partial charge is 0.264 e. The van der Waals surface area contributed by atoms with Crippen LogP contribution in [-0.2, 0) is 39.0 Å². The van der Waals surface area contributed by atoms with Crippen LogP contribution in [0.2, 0.25) is 0 Å². The van der Waals surface area contributed by atoms with Gasteiger partial charge in [0.15, 0.2) is 0 Å². The molecule has 0 aliphatic rings. The van der Waals surface area contributed by atoms with E-state index in [1.54, 1.807) is 41.3 Å². The maximum Gasteiger partial charge on any atom is 0.264 e. The second-order valence-electron chi connectivity index (χ2n) is 11.8. The third-order valence-corrected chi connectivity index (χ3v) is 10.0. The van der Waals surface area contributed by atoms with Crippen molar-refractivity contribution in [1.82, 2.24) is 10.2 Å². The molecule has 0 aromatic heterocycles. The first-order valence-corrected chi connectivity index (χ1v) is 17.3. The average Bonchev–Trinajstić information content (AvgIpc) is 3.06. The Hall–Kier alpha value is -4.43. The molecule has 0 radical (unpaired) electrons. The van der Waals surface area contributed by atoms with E-state index in [1.807, 2.05) is 101 Å². The highest BCUT2D eigenvalue weighted by Crippen LogP contribution is 2.29. The number of sulfonamides is 1. The molecule has 2 atom stereocenters. The number of aryl methyl sites for hydroxylation is 3. The van der Waals surface area contributed by atoms with Gasteiger partial charge in [-0.15, -0.1) is 0 Å². The van der Waals surface area contributed by atoms with E-state index in [2.05, 4.69) is 5.32 Å². The van der Waals surface area contributed by atoms with Crippen molar-refractivity contribution in [3.8, 4) is 0 Å². The van der Waals surface area contributed by atoms with Gasteiger partial charge in [-0.3, -0.25) is 13.9 Å². The van der Waals surface area contributed by atoms with E-state index in [0.29, 0.717) is 12.1 Å². The average molecular weight is 640 g/mol. The second kappa shape index (κ2) is 15.7. The van der Waals surface area contributed by atoms with Gasteiger partial charge in [0.05, 0.1) is 10.6 Å². The maximum atomic E-state index is 14.7. The fourth-order valence-corrected chi connectivity index (χ4v) is 6.74. The fourth-order valence-electron chi connectivity index (χ4n) is 5.29. The fraction of sp³-hybridized carbons (Fsp3) is 0.316. The quantitative estimate of drug-likeness (QED) is 0.168. The predicted molar refractivity (Wildman–Crippen MR) is 185 cm³/mol. The number of para-hydroxylation sites is 1. The molecule has 0 aliphatic carbocycles. The highest BCUT2D eigenvalue weighted by Gasteiger charge is 2.35. The summed E-state index contributed by atoms with van der Waals surface area (Å²) in [4.78, 5) is 30.3. The number of carbonyl (C=O) groups is 2. The Balaban J connectivity index is 1.83. The van der Waals surface area contributed by atoms with E-state index in [4.69, 9.17) is 0 Å². The highest BCUT2D eigenvalue weighted by atomic mass is 32.2. The highest BCUT2D eigenvalue weighted by molar-refractivity contribution is 7.92. The number of hydrogen-bond donors (Lipinski definition) is 1. The predicted octanol–water partition coefficient (Wildman–Crippen LogP) is 6.62. The summed E-state index contributed by atoms with van der Waals surface area (Å²) in [5.41, 5.74) is 4.98. The van der Waals surface area contributed by atoms with Crippen molar-refractivity contribution >= 4 is 27.5 Å². The first-order chi connectivity index (χ1) is 22.0. The van der Waals surface area contributed by atoms with E-state index in [0.717, 1.165) is 34.2 Å². The van der Waals surface area contributed by atoms with E-state index in [1.165, 1.54) is 4.31 Å². The molecule has 7 nitrogen and oxygen atoms in total. The number of rotatable bonds is 14. The van der Waals surface area contributed by atoms with Crippen LogP contribution in [0.5, 0.6) is 0 Å². The van der Waals surface area contributed by atoms with Crippen LogP contribution in [0.1, 0.15) is 55.0 Å². The summed E-state index contributed by atoms with van der Waals surface area (Å²) in [6, 6.07) is 30.3. The Morgan fingerprint density at radius 1 is 0.761 bits per heavy atom. The number of amides is 2. The van der Waals surface area contributed by atoms with Gasteiger partial charge in [0.1, 0.15) is 12.6 Å². The number of nitrogens with one attached hydrogen (secondary N) is 1. The van der Waals surface area contributed by atoms with E-state index in [-0.39, 0.29) is 29.8 Å². The topological polar surface area (TPSA) is 86.8 Å². The first-order valence-electron chi connectivity index (χ1n) is 15.9. The minimum absolute atomic E-state index is 0.0947. The van der Waals surface area contributed by atoms with Crippen molar-refractivity contribution in [3.63, 3.8) is 0 Å². The minimum Gasteiger partial charge on any atom is -0.352 e. The molecular formula is C38H45N3O4S. The van der Waals surface area contributed by atoms with E-state index in [9.17, 15) is 18.0 Å². The summed E-state index contributed by atoms with van der Waals surface area (Å²) in [6.45, 7) is 9.43. The van der Waals surface area contributed by atoms with Gasteiger partial charge in [-0.2, -0.15) is 0 Å². The Kier molecular flexibility index (Phi) is 11.8. The molecule has 4 aromatic carbocycles. The van der Waals surface area contributed by atoms with Crippen LogP contribution >= 0.6 is 0 Å². The minimum atomic E-state index is -4.15. The Morgan fingerprint density at radius 3 is 1.96 bits per heavy atom. The summed E-state index contributed by atoms with van der Waals surface area (Å²) < 4.78 is 29.8. The lowest BCUT2D eigenvalue weighted by atomic mass is 10.0. The van der Waals surface area contributed by atoms with Gasteiger partial charge in [-0.25, -0.2) is 8.42 Å². The molecule has 0 saturated heterocycles. The van der Waals surface area contributed by atoms with Gasteiger partial charge in [-0.05, 0) is 68.5 Å². The Morgan fingerprint density at radius 2 is 1.35 bits per heavy atom. The summed E-state index contributed by atoms with van der Waals surface area (Å²) in [5.74, 6) is -0.747. The van der Waals surface area contributed by atoms with Gasteiger partial charge in [0.2, 0.25) is 11.8 Å². The molecule has 0 spiro atoms. The zero-order valence-corrected chi connectivity index (χ0v) is 28.3. The molecule has 46 heavy (non-hydrogen) atoms. The molecule has 0 fully saturated rings. The van der Waals surface area contributed by atoms with Crippen LogP contribution in [0.3, 0.4) is 0 Å². The molecule has 0 saturated carbocycles. The van der Waals surface area contributed by atoms with Crippen LogP contribution in [0.4, 0.5) is 5.69 Å². The molecule has 242 valence electrons. The summed E-state index contributed by atoms with van der Waals surface area (Å²) in [7, 11) is -4.15. The van der Waals surface area contributed by atoms with E-state index < -0.39 is 28.5 Å². The Bertz CT molecular complexity index is 1710. The van der Waals surface area contributed by atoms with Crippen molar-refractivity contribution in [2.75, 3.05) is 10.8 Å². The first kappa shape index (κ1) is 34.4. The van der Waals surface area contributed by atoms with Gasteiger partial charge < -0.3 is 10.2 Å². The molecule has 0 unspecified atom stereocenters. The zero-order valence-electron chi connectivity index (χ0n) is 27.4. The van der Waals surface area contributed by atoms with Crippen molar-refractivity contribution in [1.29, 1.82) is 0 Å². The van der Waals surface area contributed by atoms with Crippen molar-refractivity contribution in [2.24, 2.45) is 0 Å². The standard InChI is InChI=1S/C38H45N3O4S/c1-6-30(5)39-38(43)36(25-31-13-9-8-10-14-31)40(26-32-21-17-28(3)18-22-32)37(42)27-41(35-16-12-11-15-33(35)7-2)46(44,45)34-23-19-29(4)20-24-34/h8-24,30,36H,6-7,25-27H2,1-5H3,(H,39,43)/t30-,36+/m0/s1. The monoisotopic (exact) mass is 639 g/mol. The van der Waals surface area contributed by atoms with Gasteiger partial charge in [0.25, 0.3) is 10.0 Å². The molecule has 0 aliphatic heterocycles. The van der Waals surface area contributed by atoms with Crippen LogP contribution in [0.15, 0.2) is 108 Å². The number of nitrogens with zero attached hydrogens (tertiary/aromatic N) is 2. The number of anilines is 1. The SMILES string of the molecule is CCc1ccccc1N(CC(=O)N(Cc1ccc(C)cc1)[C@H](Cc1ccccc1)C(=O)N[C@@H](C)CC)S(=O)(=O)c1ccc(C)cc1. The largest absolute Gasteiger partial charge is 0.352 e. The van der Waals surface area contributed by atoms with Gasteiger partial charge >= 0.3 is 0 Å². The lowest BCUT2D eigenvalue weighted by Crippen LogP contribution is -2.54. The van der Waals surface area contributed by atoms with Gasteiger partial charge in [-0.1, -0.05) is 110 Å². The molecule has 4 aromatic rings. The molecule has 2 amide bonds. The third kappa shape index (κ3) is 8.63. The molecule has 0 heterocycles. The third-order valence-electron chi connectivity index (χ3n) is 8.27.